The topological polar surface area (TPSA) is 176 Å². The van der Waals surface area contributed by atoms with Crippen molar-refractivity contribution in [1.82, 2.24) is 20.5 Å². The van der Waals surface area contributed by atoms with Crippen LogP contribution in [0.2, 0.25) is 0 Å². The lowest BCUT2D eigenvalue weighted by Crippen LogP contribution is -2.52. The van der Waals surface area contributed by atoms with Crippen molar-refractivity contribution >= 4 is 23.0 Å². The number of aromatic hydroxyl groups is 1. The van der Waals surface area contributed by atoms with Gasteiger partial charge in [0.25, 0.3) is 0 Å². The van der Waals surface area contributed by atoms with Crippen molar-refractivity contribution in [2.24, 2.45) is 5.92 Å². The molecule has 2 aromatic heterocycles. The van der Waals surface area contributed by atoms with Crippen LogP contribution in [0.25, 0.3) is 10.9 Å². The number of fused-ring (bicyclic) bond motifs is 4. The predicted octanol–water partition coefficient (Wildman–Crippen LogP) is 6.50. The van der Waals surface area contributed by atoms with Crippen LogP contribution in [0.1, 0.15) is 69.1 Å². The molecule has 304 valence electrons. The molecule has 3 saturated heterocycles. The normalized spacial score (nSPS) is 18.2. The highest BCUT2D eigenvalue weighted by atomic mass is 16.6. The van der Waals surface area contributed by atoms with Crippen molar-refractivity contribution in [2.75, 3.05) is 26.2 Å². The Hall–Kier alpha value is -6.41. The molecule has 3 aliphatic heterocycles. The van der Waals surface area contributed by atoms with Crippen LogP contribution in [0.15, 0.2) is 124 Å². The highest BCUT2D eigenvalue weighted by Crippen LogP contribution is 2.31. The minimum absolute atomic E-state index is 0.0589. The van der Waals surface area contributed by atoms with E-state index in [9.17, 15) is 24.6 Å². The van der Waals surface area contributed by atoms with E-state index in [1.54, 1.807) is 36.4 Å². The predicted molar refractivity (Wildman–Crippen MR) is 219 cm³/mol. The maximum Gasteiger partial charge on any atom is 0.408 e. The summed E-state index contributed by atoms with van der Waals surface area (Å²) in [5.41, 5.74) is 3.50. The summed E-state index contributed by atoms with van der Waals surface area (Å²) in [6.45, 7) is 3.62. The van der Waals surface area contributed by atoms with Gasteiger partial charge in [-0.2, -0.15) is 0 Å². The van der Waals surface area contributed by atoms with Gasteiger partial charge in [-0.3, -0.25) is 9.69 Å². The smallest absolute Gasteiger partial charge is 0.408 e. The maximum atomic E-state index is 13.2. The molecular formula is C46H46N4O9. The van der Waals surface area contributed by atoms with Gasteiger partial charge in [-0.1, -0.05) is 60.7 Å². The SMILES string of the molecule is O=C(NC(c1ccccc1)c1cccc(OCc2ccc(C(=O)OCc3ccc(CNC[C@@H](O)c4ccc(O)c5[nH]c(=O)ccc45)o3)cc2)c1)O[C@H]1CN2CCC1CC2. The fraction of sp³-hybridized carbons (Fsp3) is 0.283. The number of piperidine rings is 3. The summed E-state index contributed by atoms with van der Waals surface area (Å²) in [6, 6.07) is 33.4. The number of aliphatic hydroxyl groups is 1. The monoisotopic (exact) mass is 798 g/mol. The number of esters is 1. The molecule has 5 N–H and O–H groups in total. The number of phenols is 1. The molecule has 0 saturated carbocycles. The van der Waals surface area contributed by atoms with E-state index in [-0.39, 0.29) is 42.7 Å². The van der Waals surface area contributed by atoms with Crippen molar-refractivity contribution in [3.63, 3.8) is 0 Å². The highest BCUT2D eigenvalue weighted by molar-refractivity contribution is 5.89. The van der Waals surface area contributed by atoms with Gasteiger partial charge >= 0.3 is 12.1 Å². The lowest BCUT2D eigenvalue weighted by molar-refractivity contribution is -0.0336. The van der Waals surface area contributed by atoms with Crippen molar-refractivity contribution < 1.29 is 38.4 Å². The van der Waals surface area contributed by atoms with E-state index in [0.29, 0.717) is 46.2 Å². The Morgan fingerprint density at radius 2 is 1.64 bits per heavy atom. The van der Waals surface area contributed by atoms with E-state index in [4.69, 9.17) is 18.6 Å². The number of carbonyl (C=O) groups excluding carboxylic acids is 2. The first kappa shape index (κ1) is 39.4. The fourth-order valence-corrected chi connectivity index (χ4v) is 7.83. The molecule has 3 atom stereocenters. The van der Waals surface area contributed by atoms with E-state index in [2.05, 4.69) is 20.5 Å². The zero-order chi connectivity index (χ0) is 40.7. The third-order valence-corrected chi connectivity index (χ3v) is 11.0. The van der Waals surface area contributed by atoms with Gasteiger partial charge in [0.05, 0.1) is 29.8 Å². The van der Waals surface area contributed by atoms with Gasteiger partial charge < -0.3 is 44.5 Å². The number of benzene rings is 4. The Morgan fingerprint density at radius 1 is 0.864 bits per heavy atom. The number of ether oxygens (including phenoxy) is 3. The van der Waals surface area contributed by atoms with E-state index >= 15 is 0 Å². The number of amides is 1. The van der Waals surface area contributed by atoms with Crippen molar-refractivity contribution in [3.8, 4) is 11.5 Å². The minimum atomic E-state index is -0.915. The van der Waals surface area contributed by atoms with Crippen LogP contribution in [0.3, 0.4) is 0 Å². The third-order valence-electron chi connectivity index (χ3n) is 11.0. The second kappa shape index (κ2) is 18.0. The molecule has 1 unspecified atom stereocenters. The average Bonchev–Trinajstić information content (AvgIpc) is 3.72. The number of pyridine rings is 1. The zero-order valence-electron chi connectivity index (χ0n) is 32.3. The first-order chi connectivity index (χ1) is 28.8. The molecule has 1 amide bonds. The lowest BCUT2D eigenvalue weighted by atomic mass is 9.86. The summed E-state index contributed by atoms with van der Waals surface area (Å²) >= 11 is 0. The third kappa shape index (κ3) is 9.66. The molecule has 3 aliphatic rings. The molecule has 13 heteroatoms. The van der Waals surface area contributed by atoms with Crippen LogP contribution in [0.5, 0.6) is 11.5 Å². The number of nitrogens with zero attached hydrogens (tertiary/aromatic N) is 1. The molecule has 4 aromatic carbocycles. The van der Waals surface area contributed by atoms with Gasteiger partial charge in [0.1, 0.15) is 42.3 Å². The standard InChI is InChI=1S/C46H46N4O9/c51-39-17-15-37(38-16-18-42(53)48-44(38)39)40(52)25-47-24-35-13-14-36(58-35)28-57-45(54)32-11-9-29(10-12-32)27-56-34-8-4-7-33(23-34)43(31-5-2-1-3-6-31)49-46(55)59-41-26-50-21-19-30(41)20-22-50/h1-18,23,30,40-41,43,47,51-52H,19-22,24-28H2,(H,48,53)(H,49,55)/t40-,41+,43?/m1/s1. The number of carbonyl (C=O) groups is 2. The van der Waals surface area contributed by atoms with E-state index in [1.165, 1.54) is 12.1 Å². The van der Waals surface area contributed by atoms with Gasteiger partial charge in [-0.05, 0) is 103 Å². The van der Waals surface area contributed by atoms with Crippen molar-refractivity contribution in [3.05, 3.63) is 165 Å². The molecule has 2 bridgehead atoms. The van der Waals surface area contributed by atoms with Crippen LogP contribution in [-0.2, 0) is 29.2 Å². The van der Waals surface area contributed by atoms with Gasteiger partial charge in [0, 0.05) is 24.5 Å². The number of hydrogen-bond acceptors (Lipinski definition) is 11. The summed E-state index contributed by atoms with van der Waals surface area (Å²) in [5.74, 6) is 1.52. The van der Waals surface area contributed by atoms with Gasteiger partial charge in [0.2, 0.25) is 5.56 Å². The number of aliphatic hydroxyl groups excluding tert-OH is 1. The van der Waals surface area contributed by atoms with Crippen LogP contribution in [-0.4, -0.2) is 64.4 Å². The number of phenolic OH excluding ortho intramolecular Hbond substituents is 1. The van der Waals surface area contributed by atoms with Crippen LogP contribution in [0.4, 0.5) is 4.79 Å². The number of aromatic amines is 1. The zero-order valence-corrected chi connectivity index (χ0v) is 32.3. The first-order valence-electron chi connectivity index (χ1n) is 19.8. The molecule has 59 heavy (non-hydrogen) atoms. The Balaban J connectivity index is 0.806. The van der Waals surface area contributed by atoms with E-state index in [0.717, 1.165) is 49.2 Å². The van der Waals surface area contributed by atoms with Gasteiger partial charge in [0.15, 0.2) is 0 Å². The molecule has 9 rings (SSSR count). The maximum absolute atomic E-state index is 13.2. The summed E-state index contributed by atoms with van der Waals surface area (Å²) in [6.07, 6.45) is 0.679. The van der Waals surface area contributed by atoms with Crippen LogP contribution >= 0.6 is 0 Å². The summed E-state index contributed by atoms with van der Waals surface area (Å²) in [5, 5.41) is 27.7. The summed E-state index contributed by atoms with van der Waals surface area (Å²) in [4.78, 5) is 42.7. The summed E-state index contributed by atoms with van der Waals surface area (Å²) < 4.78 is 23.4. The van der Waals surface area contributed by atoms with Gasteiger partial charge in [-0.25, -0.2) is 9.59 Å². The van der Waals surface area contributed by atoms with Crippen molar-refractivity contribution in [2.45, 2.75) is 50.8 Å². The second-order valence-corrected chi connectivity index (χ2v) is 15.0. The quantitative estimate of drug-likeness (QED) is 0.0718. The van der Waals surface area contributed by atoms with E-state index < -0.39 is 24.2 Å². The van der Waals surface area contributed by atoms with Crippen LogP contribution in [0, 0.1) is 5.92 Å². The molecule has 0 spiro atoms. The Kier molecular flexibility index (Phi) is 12.0. The molecule has 5 heterocycles. The highest BCUT2D eigenvalue weighted by Gasteiger charge is 2.37. The first-order valence-corrected chi connectivity index (χ1v) is 19.8. The van der Waals surface area contributed by atoms with Crippen molar-refractivity contribution in [1.29, 1.82) is 0 Å². The molecule has 0 radical (unpaired) electrons. The Labute approximate surface area is 340 Å². The fourth-order valence-electron chi connectivity index (χ4n) is 7.83. The molecule has 6 aromatic rings. The molecular weight excluding hydrogens is 753 g/mol. The Morgan fingerprint density at radius 3 is 2.42 bits per heavy atom. The number of rotatable bonds is 15. The molecule has 0 aliphatic carbocycles. The minimum Gasteiger partial charge on any atom is -0.506 e. The molecule has 13 nitrogen and oxygen atoms in total. The van der Waals surface area contributed by atoms with Gasteiger partial charge in [-0.15, -0.1) is 0 Å². The average molecular weight is 799 g/mol. The summed E-state index contributed by atoms with van der Waals surface area (Å²) in [7, 11) is 0. The number of hydrogen-bond donors (Lipinski definition) is 5. The number of aromatic nitrogens is 1. The number of furan rings is 1. The van der Waals surface area contributed by atoms with E-state index in [1.807, 2.05) is 66.7 Å². The number of alkyl carbamates (subject to hydrolysis) is 1. The Bertz CT molecular complexity index is 2440. The van der Waals surface area contributed by atoms with Crippen LogP contribution < -0.4 is 20.9 Å². The second-order valence-electron chi connectivity index (χ2n) is 15.0. The number of H-pyrrole nitrogens is 1. The molecule has 3 fully saturated rings. The lowest BCUT2D eigenvalue weighted by Gasteiger charge is -2.43. The largest absolute Gasteiger partial charge is 0.506 e. The number of nitrogens with one attached hydrogen (secondary N) is 3.